The van der Waals surface area contributed by atoms with Crippen LogP contribution in [0.5, 0.6) is 5.75 Å². The highest BCUT2D eigenvalue weighted by atomic mass is 79.9. The molecule has 1 saturated heterocycles. The van der Waals surface area contributed by atoms with E-state index in [1.807, 2.05) is 19.1 Å². The van der Waals surface area contributed by atoms with E-state index in [1.165, 1.54) is 0 Å². The summed E-state index contributed by atoms with van der Waals surface area (Å²) in [6.07, 6.45) is 5.11. The van der Waals surface area contributed by atoms with Crippen molar-refractivity contribution in [1.82, 2.24) is 0 Å². The minimum atomic E-state index is -0.980. The minimum Gasteiger partial charge on any atom is -0.490 e. The molecule has 0 aliphatic carbocycles. The van der Waals surface area contributed by atoms with Crippen molar-refractivity contribution in [3.05, 3.63) is 33.8 Å². The van der Waals surface area contributed by atoms with Crippen molar-refractivity contribution >= 4 is 28.0 Å². The summed E-state index contributed by atoms with van der Waals surface area (Å²) < 4.78 is 12.5. The fourth-order valence-electron chi connectivity index (χ4n) is 2.42. The number of hydrogen-bond acceptors (Lipinski definition) is 3. The molecule has 4 nitrogen and oxygen atoms in total. The molecule has 1 aromatic carbocycles. The number of aryl methyl sites for hydroxylation is 1. The van der Waals surface area contributed by atoms with Gasteiger partial charge in [0.25, 0.3) is 0 Å². The third-order valence-electron chi connectivity index (χ3n) is 3.41. The van der Waals surface area contributed by atoms with Crippen LogP contribution in [0.1, 0.15) is 30.9 Å². The van der Waals surface area contributed by atoms with Crippen LogP contribution in [0, 0.1) is 6.92 Å². The fourth-order valence-corrected chi connectivity index (χ4v) is 3.01. The average molecular weight is 355 g/mol. The molecule has 1 heterocycles. The van der Waals surface area contributed by atoms with Crippen LogP contribution in [0.25, 0.3) is 6.08 Å². The van der Waals surface area contributed by atoms with Crippen LogP contribution < -0.4 is 4.74 Å². The SMILES string of the molecule is Cc1cc(Br)cc(/C=C/C(=O)O)c1OCC1CCC(C)O1. The Morgan fingerprint density at radius 2 is 2.29 bits per heavy atom. The maximum Gasteiger partial charge on any atom is 0.328 e. The Hall–Kier alpha value is -1.33. The Morgan fingerprint density at radius 3 is 2.90 bits per heavy atom. The molecular weight excluding hydrogens is 336 g/mol. The van der Waals surface area contributed by atoms with Gasteiger partial charge in [0, 0.05) is 16.1 Å². The topological polar surface area (TPSA) is 55.8 Å². The quantitative estimate of drug-likeness (QED) is 0.817. The maximum absolute atomic E-state index is 10.7. The number of ether oxygens (including phenoxy) is 2. The number of aliphatic carboxylic acids is 1. The molecule has 2 rings (SSSR count). The van der Waals surface area contributed by atoms with E-state index in [0.717, 1.165) is 34.5 Å². The van der Waals surface area contributed by atoms with Crippen LogP contribution in [-0.4, -0.2) is 29.9 Å². The molecule has 1 fully saturated rings. The van der Waals surface area contributed by atoms with Gasteiger partial charge in [0.15, 0.2) is 0 Å². The number of carboxylic acids is 1. The summed E-state index contributed by atoms with van der Waals surface area (Å²) in [7, 11) is 0. The van der Waals surface area contributed by atoms with E-state index >= 15 is 0 Å². The smallest absolute Gasteiger partial charge is 0.328 e. The van der Waals surface area contributed by atoms with Crippen molar-refractivity contribution in [2.24, 2.45) is 0 Å². The van der Waals surface area contributed by atoms with E-state index in [4.69, 9.17) is 14.6 Å². The molecule has 1 aliphatic rings. The minimum absolute atomic E-state index is 0.111. The zero-order valence-corrected chi connectivity index (χ0v) is 13.7. The van der Waals surface area contributed by atoms with Gasteiger partial charge in [-0.2, -0.15) is 0 Å². The van der Waals surface area contributed by atoms with Gasteiger partial charge in [-0.05, 0) is 50.5 Å². The zero-order chi connectivity index (χ0) is 15.4. The number of halogens is 1. The second-order valence-electron chi connectivity index (χ2n) is 5.27. The van der Waals surface area contributed by atoms with Gasteiger partial charge in [0.2, 0.25) is 0 Å². The molecule has 2 unspecified atom stereocenters. The highest BCUT2D eigenvalue weighted by molar-refractivity contribution is 9.10. The molecule has 0 radical (unpaired) electrons. The predicted molar refractivity (Wildman–Crippen MR) is 84.6 cm³/mol. The van der Waals surface area contributed by atoms with Crippen LogP contribution in [-0.2, 0) is 9.53 Å². The Labute approximate surface area is 132 Å². The summed E-state index contributed by atoms with van der Waals surface area (Å²) in [5.74, 6) is -0.273. The second-order valence-corrected chi connectivity index (χ2v) is 6.19. The highest BCUT2D eigenvalue weighted by Crippen LogP contribution is 2.30. The van der Waals surface area contributed by atoms with Gasteiger partial charge in [-0.1, -0.05) is 15.9 Å². The van der Waals surface area contributed by atoms with Crippen molar-refractivity contribution in [2.75, 3.05) is 6.61 Å². The van der Waals surface area contributed by atoms with E-state index in [-0.39, 0.29) is 12.2 Å². The summed E-state index contributed by atoms with van der Waals surface area (Å²) in [4.78, 5) is 10.7. The lowest BCUT2D eigenvalue weighted by Crippen LogP contribution is -2.18. The van der Waals surface area contributed by atoms with E-state index in [0.29, 0.717) is 12.4 Å². The number of hydrogen-bond donors (Lipinski definition) is 1. The molecule has 2 atom stereocenters. The van der Waals surface area contributed by atoms with Crippen molar-refractivity contribution < 1.29 is 19.4 Å². The maximum atomic E-state index is 10.7. The molecule has 0 saturated carbocycles. The van der Waals surface area contributed by atoms with Crippen molar-refractivity contribution in [3.8, 4) is 5.75 Å². The summed E-state index contributed by atoms with van der Waals surface area (Å²) in [5.41, 5.74) is 1.70. The Bertz CT molecular complexity index is 553. The molecule has 0 amide bonds. The number of rotatable bonds is 5. The lowest BCUT2D eigenvalue weighted by Gasteiger charge is -2.16. The van der Waals surface area contributed by atoms with Crippen molar-refractivity contribution in [3.63, 3.8) is 0 Å². The normalized spacial score (nSPS) is 21.9. The van der Waals surface area contributed by atoms with Crippen molar-refractivity contribution in [1.29, 1.82) is 0 Å². The van der Waals surface area contributed by atoms with Crippen LogP contribution in [0.4, 0.5) is 0 Å². The fraction of sp³-hybridized carbons (Fsp3) is 0.438. The first kappa shape index (κ1) is 16.0. The Morgan fingerprint density at radius 1 is 1.52 bits per heavy atom. The highest BCUT2D eigenvalue weighted by Gasteiger charge is 2.22. The molecule has 1 N–H and O–H groups in total. The Kier molecular flexibility index (Phi) is 5.42. The largest absolute Gasteiger partial charge is 0.490 e. The predicted octanol–water partition coefficient (Wildman–Crippen LogP) is 3.80. The monoisotopic (exact) mass is 354 g/mol. The summed E-state index contributed by atoms with van der Waals surface area (Å²) in [6.45, 7) is 4.49. The first-order valence-corrected chi connectivity index (χ1v) is 7.74. The van der Waals surface area contributed by atoms with E-state index in [9.17, 15) is 4.79 Å². The van der Waals surface area contributed by atoms with Gasteiger partial charge >= 0.3 is 5.97 Å². The molecule has 114 valence electrons. The molecule has 1 aliphatic heterocycles. The van der Waals surface area contributed by atoms with Crippen LogP contribution in [0.2, 0.25) is 0 Å². The first-order valence-electron chi connectivity index (χ1n) is 6.95. The van der Waals surface area contributed by atoms with Crippen LogP contribution in [0.3, 0.4) is 0 Å². The van der Waals surface area contributed by atoms with E-state index in [2.05, 4.69) is 22.9 Å². The summed E-state index contributed by atoms with van der Waals surface area (Å²) in [6, 6.07) is 3.80. The van der Waals surface area contributed by atoms with Gasteiger partial charge in [-0.15, -0.1) is 0 Å². The molecule has 1 aromatic rings. The lowest BCUT2D eigenvalue weighted by molar-refractivity contribution is -0.131. The molecular formula is C16H19BrO4. The van der Waals surface area contributed by atoms with E-state index < -0.39 is 5.97 Å². The zero-order valence-electron chi connectivity index (χ0n) is 12.1. The van der Waals surface area contributed by atoms with Gasteiger partial charge < -0.3 is 14.6 Å². The third kappa shape index (κ3) is 4.58. The molecule has 0 bridgehead atoms. The lowest BCUT2D eigenvalue weighted by atomic mass is 10.1. The van der Waals surface area contributed by atoms with E-state index in [1.54, 1.807) is 6.08 Å². The molecule has 21 heavy (non-hydrogen) atoms. The second kappa shape index (κ2) is 7.09. The summed E-state index contributed by atoms with van der Waals surface area (Å²) in [5, 5.41) is 8.78. The summed E-state index contributed by atoms with van der Waals surface area (Å²) >= 11 is 3.42. The molecule has 0 spiro atoms. The third-order valence-corrected chi connectivity index (χ3v) is 3.86. The Balaban J connectivity index is 2.14. The first-order chi connectivity index (χ1) is 9.95. The molecule has 5 heteroatoms. The number of benzene rings is 1. The standard InChI is InChI=1S/C16H19BrO4/c1-10-7-13(17)8-12(4-6-15(18)19)16(10)20-9-14-5-3-11(2)21-14/h4,6-8,11,14H,3,5,9H2,1-2H3,(H,18,19)/b6-4+. The van der Waals surface area contributed by atoms with Gasteiger partial charge in [0.1, 0.15) is 12.4 Å². The van der Waals surface area contributed by atoms with Gasteiger partial charge in [0.05, 0.1) is 12.2 Å². The van der Waals surface area contributed by atoms with Gasteiger partial charge in [-0.25, -0.2) is 4.79 Å². The molecule has 0 aromatic heterocycles. The number of carboxylic acid groups (broad SMARTS) is 1. The van der Waals surface area contributed by atoms with Crippen molar-refractivity contribution in [2.45, 2.75) is 38.9 Å². The van der Waals surface area contributed by atoms with Gasteiger partial charge in [-0.3, -0.25) is 0 Å². The van der Waals surface area contributed by atoms with Crippen LogP contribution >= 0.6 is 15.9 Å². The van der Waals surface area contributed by atoms with Crippen LogP contribution in [0.15, 0.2) is 22.7 Å². The average Bonchev–Trinajstić information content (AvgIpc) is 2.80. The number of carbonyl (C=O) groups is 1.